The molecule has 0 saturated carbocycles. The van der Waals surface area contributed by atoms with Gasteiger partial charge in [0.2, 0.25) is 0 Å². The van der Waals surface area contributed by atoms with E-state index in [0.29, 0.717) is 6.54 Å². The summed E-state index contributed by atoms with van der Waals surface area (Å²) in [4.78, 5) is 5.70. The molecule has 2 rings (SSSR count). The first kappa shape index (κ1) is 11.1. The molecule has 2 aromatic rings. The van der Waals surface area contributed by atoms with E-state index in [0.717, 1.165) is 27.6 Å². The average Bonchev–Trinajstić information content (AvgIpc) is 2.60. The minimum absolute atomic E-state index is 0.269. The van der Waals surface area contributed by atoms with Crippen molar-refractivity contribution < 1.29 is 5.11 Å². The molecule has 1 aromatic heterocycles. The van der Waals surface area contributed by atoms with Gasteiger partial charge in [0.25, 0.3) is 0 Å². The van der Waals surface area contributed by atoms with Crippen LogP contribution in [0.4, 0.5) is 0 Å². The number of thiazole rings is 1. The maximum atomic E-state index is 9.43. The number of aromatic hydroxyl groups is 1. The molecule has 0 atom stereocenters. The fourth-order valence-electron chi connectivity index (χ4n) is 1.60. The summed E-state index contributed by atoms with van der Waals surface area (Å²) >= 11 is 1.67. The Balaban J connectivity index is 2.40. The van der Waals surface area contributed by atoms with Gasteiger partial charge >= 0.3 is 0 Å². The molecule has 0 unspecified atom stereocenters. The zero-order valence-electron chi connectivity index (χ0n) is 9.10. The van der Waals surface area contributed by atoms with E-state index in [1.165, 1.54) is 0 Å². The van der Waals surface area contributed by atoms with Crippen molar-refractivity contribution in [3.8, 4) is 17.0 Å². The molecule has 0 aliphatic carbocycles. The lowest BCUT2D eigenvalue weighted by molar-refractivity contribution is 0.475. The van der Waals surface area contributed by atoms with Gasteiger partial charge in [0.15, 0.2) is 0 Å². The smallest absolute Gasteiger partial charge is 0.116 e. The number of rotatable bonds is 3. The van der Waals surface area contributed by atoms with Crippen LogP contribution in [0.15, 0.2) is 24.3 Å². The SMILES string of the molecule is Cc1sc(CCN)nc1-c1cccc(O)c1. The minimum atomic E-state index is 0.269. The van der Waals surface area contributed by atoms with Gasteiger partial charge in [0.05, 0.1) is 10.7 Å². The Morgan fingerprint density at radius 2 is 2.25 bits per heavy atom. The highest BCUT2D eigenvalue weighted by Crippen LogP contribution is 2.29. The number of hydrogen-bond acceptors (Lipinski definition) is 4. The highest BCUT2D eigenvalue weighted by Gasteiger charge is 2.09. The van der Waals surface area contributed by atoms with Gasteiger partial charge < -0.3 is 10.8 Å². The van der Waals surface area contributed by atoms with Crippen LogP contribution in [0.2, 0.25) is 0 Å². The van der Waals surface area contributed by atoms with Crippen LogP contribution in [0.5, 0.6) is 5.75 Å². The highest BCUT2D eigenvalue weighted by molar-refractivity contribution is 7.12. The average molecular weight is 234 g/mol. The lowest BCUT2D eigenvalue weighted by Crippen LogP contribution is -2.01. The molecule has 0 amide bonds. The monoisotopic (exact) mass is 234 g/mol. The molecule has 0 aliphatic heterocycles. The van der Waals surface area contributed by atoms with Gasteiger partial charge in [-0.1, -0.05) is 12.1 Å². The predicted octanol–water partition coefficient (Wildman–Crippen LogP) is 2.33. The van der Waals surface area contributed by atoms with E-state index in [1.54, 1.807) is 23.5 Å². The van der Waals surface area contributed by atoms with E-state index < -0.39 is 0 Å². The fourth-order valence-corrected chi connectivity index (χ4v) is 2.57. The quantitative estimate of drug-likeness (QED) is 0.857. The van der Waals surface area contributed by atoms with Gasteiger partial charge in [-0.2, -0.15) is 0 Å². The summed E-state index contributed by atoms with van der Waals surface area (Å²) in [7, 11) is 0. The lowest BCUT2D eigenvalue weighted by Gasteiger charge is -1.99. The maximum Gasteiger partial charge on any atom is 0.116 e. The Bertz CT molecular complexity index is 494. The number of aryl methyl sites for hydroxylation is 1. The third-order valence-electron chi connectivity index (χ3n) is 2.32. The molecule has 0 radical (unpaired) electrons. The van der Waals surface area contributed by atoms with Crippen molar-refractivity contribution in [1.82, 2.24) is 4.98 Å². The number of hydrogen-bond donors (Lipinski definition) is 2. The van der Waals surface area contributed by atoms with Crippen molar-refractivity contribution in [3.63, 3.8) is 0 Å². The molecule has 1 heterocycles. The second-order valence-electron chi connectivity index (χ2n) is 3.60. The molecule has 0 bridgehead atoms. The first-order chi connectivity index (χ1) is 7.70. The molecule has 0 fully saturated rings. The molecule has 0 spiro atoms. The van der Waals surface area contributed by atoms with Crippen LogP contribution < -0.4 is 5.73 Å². The summed E-state index contributed by atoms with van der Waals surface area (Å²) in [6.07, 6.45) is 0.810. The Morgan fingerprint density at radius 1 is 1.44 bits per heavy atom. The highest BCUT2D eigenvalue weighted by atomic mass is 32.1. The van der Waals surface area contributed by atoms with E-state index in [9.17, 15) is 5.11 Å². The van der Waals surface area contributed by atoms with Crippen LogP contribution in [0, 0.1) is 6.92 Å². The van der Waals surface area contributed by atoms with Crippen molar-refractivity contribution in [2.24, 2.45) is 5.73 Å². The van der Waals surface area contributed by atoms with Crippen LogP contribution in [0.3, 0.4) is 0 Å². The van der Waals surface area contributed by atoms with Gasteiger partial charge in [-0.15, -0.1) is 11.3 Å². The number of nitrogens with two attached hydrogens (primary N) is 1. The molecule has 4 heteroatoms. The van der Waals surface area contributed by atoms with Crippen molar-refractivity contribution in [2.75, 3.05) is 6.54 Å². The number of benzene rings is 1. The van der Waals surface area contributed by atoms with Gasteiger partial charge in [-0.3, -0.25) is 0 Å². The van der Waals surface area contributed by atoms with Crippen LogP contribution in [0.25, 0.3) is 11.3 Å². The van der Waals surface area contributed by atoms with Gasteiger partial charge in [0.1, 0.15) is 5.75 Å². The van der Waals surface area contributed by atoms with Crippen LogP contribution in [-0.4, -0.2) is 16.6 Å². The lowest BCUT2D eigenvalue weighted by atomic mass is 10.1. The summed E-state index contributed by atoms with van der Waals surface area (Å²) in [5.41, 5.74) is 7.41. The second kappa shape index (κ2) is 4.63. The third kappa shape index (κ3) is 2.23. The van der Waals surface area contributed by atoms with E-state index in [-0.39, 0.29) is 5.75 Å². The molecule has 0 aliphatic rings. The minimum Gasteiger partial charge on any atom is -0.508 e. The van der Waals surface area contributed by atoms with Crippen molar-refractivity contribution >= 4 is 11.3 Å². The topological polar surface area (TPSA) is 59.1 Å². The normalized spacial score (nSPS) is 10.6. The van der Waals surface area contributed by atoms with Crippen molar-refractivity contribution in [3.05, 3.63) is 34.2 Å². The number of phenols is 1. The molecule has 0 saturated heterocycles. The molecular weight excluding hydrogens is 220 g/mol. The zero-order valence-corrected chi connectivity index (χ0v) is 9.92. The van der Waals surface area contributed by atoms with Crippen LogP contribution in [-0.2, 0) is 6.42 Å². The second-order valence-corrected chi connectivity index (χ2v) is 4.89. The molecule has 16 heavy (non-hydrogen) atoms. The number of aromatic nitrogens is 1. The largest absolute Gasteiger partial charge is 0.508 e. The first-order valence-corrected chi connectivity index (χ1v) is 5.98. The summed E-state index contributed by atoms with van der Waals surface area (Å²) < 4.78 is 0. The van der Waals surface area contributed by atoms with E-state index in [2.05, 4.69) is 4.98 Å². The van der Waals surface area contributed by atoms with E-state index >= 15 is 0 Å². The van der Waals surface area contributed by atoms with Gasteiger partial charge in [-0.25, -0.2) is 4.98 Å². The molecule has 84 valence electrons. The Kier molecular flexibility index (Phi) is 3.22. The van der Waals surface area contributed by atoms with Gasteiger partial charge in [-0.05, 0) is 25.6 Å². The molecule has 3 nitrogen and oxygen atoms in total. The summed E-state index contributed by atoms with van der Waals surface area (Å²) in [6, 6.07) is 7.17. The molecule has 3 N–H and O–H groups in total. The standard InChI is InChI=1S/C12H14N2OS/c1-8-12(14-11(16-8)5-6-13)9-3-2-4-10(15)7-9/h2-4,7,15H,5-6,13H2,1H3. The third-order valence-corrected chi connectivity index (χ3v) is 3.35. The van der Waals surface area contributed by atoms with Crippen molar-refractivity contribution in [1.29, 1.82) is 0 Å². The van der Waals surface area contributed by atoms with Crippen LogP contribution in [0.1, 0.15) is 9.88 Å². The summed E-state index contributed by atoms with van der Waals surface area (Å²) in [5.74, 6) is 0.269. The Labute approximate surface area is 98.6 Å². The maximum absolute atomic E-state index is 9.43. The summed E-state index contributed by atoms with van der Waals surface area (Å²) in [5, 5.41) is 10.5. The molecular formula is C12H14N2OS. The number of phenolic OH excluding ortho intramolecular Hbond substituents is 1. The predicted molar refractivity (Wildman–Crippen MR) is 66.7 cm³/mol. The Morgan fingerprint density at radius 3 is 2.94 bits per heavy atom. The fraction of sp³-hybridized carbons (Fsp3) is 0.250. The van der Waals surface area contributed by atoms with E-state index in [1.807, 2.05) is 19.1 Å². The Hall–Kier alpha value is -1.39. The number of nitrogens with zero attached hydrogens (tertiary/aromatic N) is 1. The zero-order chi connectivity index (χ0) is 11.5. The van der Waals surface area contributed by atoms with E-state index in [4.69, 9.17) is 5.73 Å². The van der Waals surface area contributed by atoms with Crippen molar-refractivity contribution in [2.45, 2.75) is 13.3 Å². The molecule has 1 aromatic carbocycles. The van der Waals surface area contributed by atoms with Gasteiger partial charge in [0, 0.05) is 16.9 Å². The van der Waals surface area contributed by atoms with Crippen LogP contribution >= 0.6 is 11.3 Å². The first-order valence-electron chi connectivity index (χ1n) is 5.16. The summed E-state index contributed by atoms with van der Waals surface area (Å²) in [6.45, 7) is 2.66.